The minimum Gasteiger partial charge on any atom is -0.508 e. The topological polar surface area (TPSA) is 104 Å². The fraction of sp³-hybridized carbons (Fsp3) is 0.263. The van der Waals surface area contributed by atoms with Gasteiger partial charge in [0, 0.05) is 29.4 Å². The highest BCUT2D eigenvalue weighted by Crippen LogP contribution is 2.49. The Morgan fingerprint density at radius 2 is 1.65 bits per heavy atom. The maximum atomic E-state index is 12.9. The molecule has 0 saturated carbocycles. The Morgan fingerprint density at radius 3 is 2.35 bits per heavy atom. The SMILES string of the molecule is COC1CCCc2c(O)c3c(c(O)c21)C(=O)c1ccc(O)cc1C3=O.Cl. The van der Waals surface area contributed by atoms with Crippen molar-refractivity contribution in [1.29, 1.82) is 0 Å². The molecule has 1 unspecified atom stereocenters. The second-order valence-electron chi connectivity index (χ2n) is 6.34. The fourth-order valence-electron chi connectivity index (χ4n) is 3.87. The minimum absolute atomic E-state index is 0. The van der Waals surface area contributed by atoms with Gasteiger partial charge in [0.15, 0.2) is 11.6 Å². The van der Waals surface area contributed by atoms with Crippen molar-refractivity contribution in [2.24, 2.45) is 0 Å². The van der Waals surface area contributed by atoms with Crippen LogP contribution in [0.25, 0.3) is 0 Å². The summed E-state index contributed by atoms with van der Waals surface area (Å²) in [5.41, 5.74) is 0.549. The summed E-state index contributed by atoms with van der Waals surface area (Å²) in [6, 6.07) is 3.85. The molecule has 0 amide bonds. The van der Waals surface area contributed by atoms with E-state index < -0.39 is 17.7 Å². The van der Waals surface area contributed by atoms with Crippen LogP contribution in [0.3, 0.4) is 0 Å². The summed E-state index contributed by atoms with van der Waals surface area (Å²) in [5, 5.41) is 31.1. The van der Waals surface area contributed by atoms with Gasteiger partial charge in [-0.05, 0) is 37.5 Å². The number of phenols is 3. The Morgan fingerprint density at radius 1 is 1.00 bits per heavy atom. The first-order valence-corrected chi connectivity index (χ1v) is 8.01. The van der Waals surface area contributed by atoms with E-state index in [-0.39, 0.29) is 51.9 Å². The molecule has 0 bridgehead atoms. The Labute approximate surface area is 155 Å². The lowest BCUT2D eigenvalue weighted by atomic mass is 9.77. The number of phenolic OH excluding ortho intramolecular Hbond substituents is 3. The summed E-state index contributed by atoms with van der Waals surface area (Å²) in [5.74, 6) is -1.87. The van der Waals surface area contributed by atoms with Crippen LogP contribution in [0, 0.1) is 0 Å². The Bertz CT molecular complexity index is 950. The van der Waals surface area contributed by atoms with Gasteiger partial charge in [-0.25, -0.2) is 0 Å². The molecule has 0 heterocycles. The molecule has 2 aliphatic carbocycles. The lowest BCUT2D eigenvalue weighted by Crippen LogP contribution is -2.24. The van der Waals surface area contributed by atoms with E-state index in [9.17, 15) is 24.9 Å². The van der Waals surface area contributed by atoms with Crippen LogP contribution in [0.4, 0.5) is 0 Å². The van der Waals surface area contributed by atoms with E-state index in [1.54, 1.807) is 0 Å². The molecule has 2 aromatic carbocycles. The first-order valence-electron chi connectivity index (χ1n) is 8.01. The number of carbonyl (C=O) groups excluding carboxylic acids is 2. The number of ketones is 2. The number of ether oxygens (including phenoxy) is 1. The van der Waals surface area contributed by atoms with Crippen LogP contribution in [0.2, 0.25) is 0 Å². The van der Waals surface area contributed by atoms with Gasteiger partial charge in [0.1, 0.15) is 17.2 Å². The van der Waals surface area contributed by atoms with Crippen LogP contribution < -0.4 is 0 Å². The van der Waals surface area contributed by atoms with E-state index >= 15 is 0 Å². The molecule has 0 radical (unpaired) electrons. The van der Waals surface area contributed by atoms with Gasteiger partial charge < -0.3 is 20.1 Å². The van der Waals surface area contributed by atoms with Gasteiger partial charge in [0.05, 0.1) is 17.2 Å². The average Bonchev–Trinajstić information content (AvgIpc) is 2.61. The molecule has 1 atom stereocenters. The number of hydrogen-bond acceptors (Lipinski definition) is 6. The third-order valence-electron chi connectivity index (χ3n) is 5.04. The van der Waals surface area contributed by atoms with Crippen molar-refractivity contribution in [2.75, 3.05) is 7.11 Å². The smallest absolute Gasteiger partial charge is 0.198 e. The standard InChI is InChI=1S/C19H16O6.ClH/c1-25-12-4-2-3-10-13(12)19(24)15-14(17(10)22)18(23)11-7-8(20)5-6-9(11)16(15)21;/h5-7,12,20,22,24H,2-4H2,1H3;1H. The second-order valence-corrected chi connectivity index (χ2v) is 6.34. The van der Waals surface area contributed by atoms with Crippen LogP contribution in [0.15, 0.2) is 18.2 Å². The second kappa shape index (κ2) is 6.30. The molecular formula is C19H17ClO6. The molecule has 136 valence electrons. The normalized spacial score (nSPS) is 17.8. The Hall–Kier alpha value is -2.57. The van der Waals surface area contributed by atoms with Gasteiger partial charge >= 0.3 is 0 Å². The molecule has 2 aliphatic rings. The maximum absolute atomic E-state index is 12.9. The van der Waals surface area contributed by atoms with Gasteiger partial charge in [0.2, 0.25) is 0 Å². The Kier molecular flexibility index (Phi) is 4.42. The summed E-state index contributed by atoms with van der Waals surface area (Å²) < 4.78 is 5.39. The molecule has 0 fully saturated rings. The van der Waals surface area contributed by atoms with E-state index in [1.165, 1.54) is 25.3 Å². The third kappa shape index (κ3) is 2.29. The molecule has 3 N–H and O–H groups in total. The number of benzene rings is 2. The van der Waals surface area contributed by atoms with Gasteiger partial charge in [-0.3, -0.25) is 9.59 Å². The zero-order valence-electron chi connectivity index (χ0n) is 13.9. The van der Waals surface area contributed by atoms with Crippen molar-refractivity contribution < 1.29 is 29.6 Å². The number of rotatable bonds is 1. The molecular weight excluding hydrogens is 360 g/mol. The Balaban J connectivity index is 0.00000196. The van der Waals surface area contributed by atoms with E-state index in [0.29, 0.717) is 24.0 Å². The van der Waals surface area contributed by atoms with Crippen molar-refractivity contribution in [3.05, 3.63) is 51.6 Å². The molecule has 6 nitrogen and oxygen atoms in total. The molecule has 26 heavy (non-hydrogen) atoms. The lowest BCUT2D eigenvalue weighted by Gasteiger charge is -2.30. The monoisotopic (exact) mass is 376 g/mol. The number of carbonyl (C=O) groups is 2. The number of hydrogen-bond donors (Lipinski definition) is 3. The highest BCUT2D eigenvalue weighted by Gasteiger charge is 2.40. The number of fused-ring (bicyclic) bond motifs is 3. The van der Waals surface area contributed by atoms with E-state index in [1.807, 2.05) is 0 Å². The number of halogens is 1. The number of methoxy groups -OCH3 is 1. The quantitative estimate of drug-likeness (QED) is 0.564. The maximum Gasteiger partial charge on any atom is 0.198 e. The average molecular weight is 377 g/mol. The van der Waals surface area contributed by atoms with Crippen molar-refractivity contribution >= 4 is 24.0 Å². The summed E-state index contributed by atoms with van der Waals surface area (Å²) in [6.07, 6.45) is 1.43. The lowest BCUT2D eigenvalue weighted by molar-refractivity contribution is 0.0843. The molecule has 0 saturated heterocycles. The molecule has 0 spiro atoms. The minimum atomic E-state index is -0.587. The first-order chi connectivity index (χ1) is 12.0. The van der Waals surface area contributed by atoms with Crippen molar-refractivity contribution in [1.82, 2.24) is 0 Å². The highest BCUT2D eigenvalue weighted by atomic mass is 35.5. The van der Waals surface area contributed by atoms with Crippen LogP contribution in [0.5, 0.6) is 17.2 Å². The molecule has 0 aliphatic heterocycles. The summed E-state index contributed by atoms with van der Waals surface area (Å²) in [7, 11) is 1.50. The van der Waals surface area contributed by atoms with Gasteiger partial charge in [-0.15, -0.1) is 12.4 Å². The van der Waals surface area contributed by atoms with E-state index in [0.717, 1.165) is 6.42 Å². The largest absolute Gasteiger partial charge is 0.508 e. The molecule has 0 aromatic heterocycles. The predicted octanol–water partition coefficient (Wildman–Crippen LogP) is 3.02. The van der Waals surface area contributed by atoms with Gasteiger partial charge in [-0.1, -0.05) is 0 Å². The van der Waals surface area contributed by atoms with E-state index in [2.05, 4.69) is 0 Å². The summed E-state index contributed by atoms with van der Waals surface area (Å²) in [6.45, 7) is 0. The zero-order chi connectivity index (χ0) is 17.9. The van der Waals surface area contributed by atoms with Gasteiger partial charge in [-0.2, -0.15) is 0 Å². The van der Waals surface area contributed by atoms with E-state index in [4.69, 9.17) is 4.74 Å². The van der Waals surface area contributed by atoms with Gasteiger partial charge in [0.25, 0.3) is 0 Å². The fourth-order valence-corrected chi connectivity index (χ4v) is 3.87. The van der Waals surface area contributed by atoms with Crippen LogP contribution in [-0.2, 0) is 11.2 Å². The van der Waals surface area contributed by atoms with Crippen LogP contribution in [0.1, 0.15) is 61.9 Å². The number of aromatic hydroxyl groups is 3. The van der Waals surface area contributed by atoms with Crippen molar-refractivity contribution in [3.63, 3.8) is 0 Å². The molecule has 4 rings (SSSR count). The van der Waals surface area contributed by atoms with Crippen molar-refractivity contribution in [2.45, 2.75) is 25.4 Å². The third-order valence-corrected chi connectivity index (χ3v) is 5.04. The molecule has 7 heteroatoms. The predicted molar refractivity (Wildman–Crippen MR) is 94.7 cm³/mol. The van der Waals surface area contributed by atoms with Crippen LogP contribution in [-0.4, -0.2) is 34.0 Å². The summed E-state index contributed by atoms with van der Waals surface area (Å²) >= 11 is 0. The molecule has 2 aromatic rings. The highest BCUT2D eigenvalue weighted by molar-refractivity contribution is 6.30. The van der Waals surface area contributed by atoms with Crippen LogP contribution >= 0.6 is 12.4 Å². The zero-order valence-corrected chi connectivity index (χ0v) is 14.7. The first kappa shape index (κ1) is 18.2. The summed E-state index contributed by atoms with van der Waals surface area (Å²) in [4.78, 5) is 25.7. The van der Waals surface area contributed by atoms with Crippen molar-refractivity contribution in [3.8, 4) is 17.2 Å².